The van der Waals surface area contributed by atoms with E-state index >= 15 is 0 Å². The third-order valence-electron chi connectivity index (χ3n) is 4.35. The van der Waals surface area contributed by atoms with Crippen LogP contribution < -0.4 is 10.6 Å². The van der Waals surface area contributed by atoms with E-state index in [4.69, 9.17) is 0 Å². The monoisotopic (exact) mass is 384 g/mol. The molecule has 2 aromatic heterocycles. The van der Waals surface area contributed by atoms with Crippen LogP contribution in [0.25, 0.3) is 5.82 Å². The number of aromatic nitrogens is 4. The number of amides is 1. The minimum absolute atomic E-state index is 0.262. The molecule has 29 heavy (non-hydrogen) atoms. The SMILES string of the molecule is Cc1cc(C)n(-c2cc(NC(=O)c3ccccc3Nc3ccccc3)ncn2)n1. The van der Waals surface area contributed by atoms with Crippen LogP contribution in [0.5, 0.6) is 0 Å². The molecule has 0 fully saturated rings. The first-order valence-electron chi connectivity index (χ1n) is 9.18. The van der Waals surface area contributed by atoms with Crippen molar-refractivity contribution in [3.05, 3.63) is 90.0 Å². The lowest BCUT2D eigenvalue weighted by Crippen LogP contribution is -2.15. The third kappa shape index (κ3) is 4.14. The molecule has 0 aliphatic rings. The van der Waals surface area contributed by atoms with E-state index < -0.39 is 0 Å². The molecule has 4 aromatic rings. The molecule has 1 amide bonds. The fourth-order valence-electron chi connectivity index (χ4n) is 3.04. The number of aryl methyl sites for hydroxylation is 2. The van der Waals surface area contributed by atoms with Crippen molar-refractivity contribution >= 4 is 23.1 Å². The lowest BCUT2D eigenvalue weighted by Gasteiger charge is -2.12. The molecular weight excluding hydrogens is 364 g/mol. The van der Waals surface area contributed by atoms with E-state index in [-0.39, 0.29) is 5.91 Å². The van der Waals surface area contributed by atoms with Gasteiger partial charge in [-0.25, -0.2) is 14.6 Å². The van der Waals surface area contributed by atoms with Crippen LogP contribution in [0, 0.1) is 13.8 Å². The average Bonchev–Trinajstić information content (AvgIpc) is 3.07. The first-order chi connectivity index (χ1) is 14.1. The molecular formula is C22H20N6O. The van der Waals surface area contributed by atoms with Gasteiger partial charge in [-0.1, -0.05) is 30.3 Å². The maximum absolute atomic E-state index is 12.9. The van der Waals surface area contributed by atoms with Gasteiger partial charge in [-0.05, 0) is 44.2 Å². The second-order valence-corrected chi connectivity index (χ2v) is 6.59. The summed E-state index contributed by atoms with van der Waals surface area (Å²) in [5.74, 6) is 0.737. The van der Waals surface area contributed by atoms with Crippen LogP contribution in [0.4, 0.5) is 17.2 Å². The number of rotatable bonds is 5. The highest BCUT2D eigenvalue weighted by atomic mass is 16.1. The lowest BCUT2D eigenvalue weighted by atomic mass is 10.1. The van der Waals surface area contributed by atoms with E-state index in [0.29, 0.717) is 22.9 Å². The topological polar surface area (TPSA) is 84.7 Å². The van der Waals surface area contributed by atoms with E-state index in [0.717, 1.165) is 17.1 Å². The zero-order valence-corrected chi connectivity index (χ0v) is 16.1. The number of carbonyl (C=O) groups is 1. The maximum atomic E-state index is 12.9. The number of hydrogen-bond acceptors (Lipinski definition) is 5. The highest BCUT2D eigenvalue weighted by Crippen LogP contribution is 2.22. The lowest BCUT2D eigenvalue weighted by molar-refractivity contribution is 0.102. The number of anilines is 3. The summed E-state index contributed by atoms with van der Waals surface area (Å²) in [5, 5.41) is 10.6. The summed E-state index contributed by atoms with van der Waals surface area (Å²) in [6, 6.07) is 20.7. The quantitative estimate of drug-likeness (QED) is 0.537. The van der Waals surface area contributed by atoms with Crippen molar-refractivity contribution in [1.82, 2.24) is 19.7 Å². The summed E-state index contributed by atoms with van der Waals surface area (Å²) in [5.41, 5.74) is 3.98. The molecule has 0 radical (unpaired) electrons. The Kier molecular flexibility index (Phi) is 5.03. The Hall–Kier alpha value is -4.00. The molecule has 0 spiro atoms. The Bertz CT molecular complexity index is 1150. The Morgan fingerprint density at radius 1 is 0.931 bits per heavy atom. The molecule has 2 N–H and O–H groups in total. The van der Waals surface area contributed by atoms with Crippen LogP contribution in [0.3, 0.4) is 0 Å². The second kappa shape index (κ2) is 7.93. The Balaban J connectivity index is 1.58. The van der Waals surface area contributed by atoms with E-state index in [9.17, 15) is 4.79 Å². The van der Waals surface area contributed by atoms with Gasteiger partial charge in [0.15, 0.2) is 5.82 Å². The number of hydrogen-bond donors (Lipinski definition) is 2. The summed E-state index contributed by atoms with van der Waals surface area (Å²) in [6.07, 6.45) is 1.41. The fraction of sp³-hybridized carbons (Fsp3) is 0.0909. The molecule has 0 atom stereocenters. The molecule has 2 aromatic carbocycles. The largest absolute Gasteiger partial charge is 0.355 e. The highest BCUT2D eigenvalue weighted by Gasteiger charge is 2.13. The molecule has 7 nitrogen and oxygen atoms in total. The molecule has 0 unspecified atom stereocenters. The molecule has 144 valence electrons. The van der Waals surface area contributed by atoms with Gasteiger partial charge in [0.2, 0.25) is 0 Å². The van der Waals surface area contributed by atoms with Crippen molar-refractivity contribution in [2.24, 2.45) is 0 Å². The van der Waals surface area contributed by atoms with Crippen molar-refractivity contribution in [2.45, 2.75) is 13.8 Å². The van der Waals surface area contributed by atoms with E-state index in [1.54, 1.807) is 16.8 Å². The highest BCUT2D eigenvalue weighted by molar-refractivity contribution is 6.08. The molecule has 0 saturated carbocycles. The Morgan fingerprint density at radius 2 is 1.69 bits per heavy atom. The number of nitrogens with one attached hydrogen (secondary N) is 2. The zero-order chi connectivity index (χ0) is 20.2. The summed E-state index contributed by atoms with van der Waals surface area (Å²) >= 11 is 0. The fourth-order valence-corrected chi connectivity index (χ4v) is 3.04. The molecule has 0 aliphatic carbocycles. The molecule has 2 heterocycles. The van der Waals surface area contributed by atoms with Gasteiger partial charge in [-0.3, -0.25) is 4.79 Å². The minimum atomic E-state index is -0.262. The van der Waals surface area contributed by atoms with Crippen molar-refractivity contribution in [3.63, 3.8) is 0 Å². The predicted molar refractivity (Wildman–Crippen MR) is 113 cm³/mol. The van der Waals surface area contributed by atoms with Crippen molar-refractivity contribution in [1.29, 1.82) is 0 Å². The van der Waals surface area contributed by atoms with Gasteiger partial charge in [0.05, 0.1) is 16.9 Å². The molecule has 7 heteroatoms. The zero-order valence-electron chi connectivity index (χ0n) is 16.1. The first kappa shape index (κ1) is 18.4. The first-order valence-corrected chi connectivity index (χ1v) is 9.18. The van der Waals surface area contributed by atoms with Crippen molar-refractivity contribution in [2.75, 3.05) is 10.6 Å². The van der Waals surface area contributed by atoms with E-state index in [2.05, 4.69) is 25.7 Å². The maximum Gasteiger partial charge on any atom is 0.258 e. The Labute approximate surface area is 168 Å². The van der Waals surface area contributed by atoms with Gasteiger partial charge in [0.1, 0.15) is 12.1 Å². The molecule has 0 aliphatic heterocycles. The van der Waals surface area contributed by atoms with Gasteiger partial charge in [-0.2, -0.15) is 5.10 Å². The summed E-state index contributed by atoms with van der Waals surface area (Å²) in [7, 11) is 0. The number of benzene rings is 2. The van der Waals surface area contributed by atoms with E-state index in [1.165, 1.54) is 6.33 Å². The number of carbonyl (C=O) groups excluding carboxylic acids is 1. The number of nitrogens with zero attached hydrogens (tertiary/aromatic N) is 4. The van der Waals surface area contributed by atoms with E-state index in [1.807, 2.05) is 68.4 Å². The van der Waals surface area contributed by atoms with Crippen LogP contribution in [0.2, 0.25) is 0 Å². The average molecular weight is 384 g/mol. The Morgan fingerprint density at radius 3 is 2.45 bits per heavy atom. The van der Waals surface area contributed by atoms with Gasteiger partial charge < -0.3 is 10.6 Å². The summed E-state index contributed by atoms with van der Waals surface area (Å²) in [6.45, 7) is 3.87. The van der Waals surface area contributed by atoms with Crippen LogP contribution in [0.15, 0.2) is 73.1 Å². The summed E-state index contributed by atoms with van der Waals surface area (Å²) < 4.78 is 1.72. The third-order valence-corrected chi connectivity index (χ3v) is 4.35. The molecule has 4 rings (SSSR count). The smallest absolute Gasteiger partial charge is 0.258 e. The molecule has 0 bridgehead atoms. The normalized spacial score (nSPS) is 10.6. The van der Waals surface area contributed by atoms with Crippen LogP contribution >= 0.6 is 0 Å². The van der Waals surface area contributed by atoms with Gasteiger partial charge in [-0.15, -0.1) is 0 Å². The van der Waals surface area contributed by atoms with Crippen molar-refractivity contribution < 1.29 is 4.79 Å². The minimum Gasteiger partial charge on any atom is -0.355 e. The second-order valence-electron chi connectivity index (χ2n) is 6.59. The van der Waals surface area contributed by atoms with Crippen LogP contribution in [0.1, 0.15) is 21.7 Å². The predicted octanol–water partition coefficient (Wildman–Crippen LogP) is 4.28. The standard InChI is InChI=1S/C22H20N6O/c1-15-12-16(2)28(27-15)21-13-20(23-14-24-21)26-22(29)18-10-6-7-11-19(18)25-17-8-4-3-5-9-17/h3-14,25H,1-2H3,(H,23,24,26,29). The van der Waals surface area contributed by atoms with Gasteiger partial charge in [0, 0.05) is 17.4 Å². The molecule has 0 saturated heterocycles. The van der Waals surface area contributed by atoms with Gasteiger partial charge >= 0.3 is 0 Å². The van der Waals surface area contributed by atoms with Crippen LogP contribution in [-0.2, 0) is 0 Å². The van der Waals surface area contributed by atoms with Gasteiger partial charge in [0.25, 0.3) is 5.91 Å². The number of para-hydroxylation sites is 2. The van der Waals surface area contributed by atoms with Crippen LogP contribution in [-0.4, -0.2) is 25.7 Å². The summed E-state index contributed by atoms with van der Waals surface area (Å²) in [4.78, 5) is 21.3. The van der Waals surface area contributed by atoms with Crippen molar-refractivity contribution in [3.8, 4) is 5.82 Å².